The molecule has 4 nitrogen and oxygen atoms in total. The van der Waals surface area contributed by atoms with Gasteiger partial charge in [-0.05, 0) is 24.6 Å². The van der Waals surface area contributed by atoms with E-state index in [1.165, 1.54) is 4.90 Å². The van der Waals surface area contributed by atoms with Crippen molar-refractivity contribution in [3.8, 4) is 0 Å². The SMILES string of the molecule is O=C1CC(NCCSC(F)(F)F)C(=O)N1C1CCCCC1. The van der Waals surface area contributed by atoms with E-state index in [0.717, 1.165) is 32.1 Å². The Morgan fingerprint density at radius 3 is 2.48 bits per heavy atom. The molecule has 120 valence electrons. The zero-order chi connectivity index (χ0) is 15.5. The molecular weight excluding hydrogens is 305 g/mol. The van der Waals surface area contributed by atoms with Gasteiger partial charge in [0, 0.05) is 18.3 Å². The normalized spacial score (nSPS) is 24.9. The quantitative estimate of drug-likeness (QED) is 0.623. The Hall–Kier alpha value is -0.760. The fourth-order valence-electron chi connectivity index (χ4n) is 2.93. The van der Waals surface area contributed by atoms with Crippen molar-refractivity contribution in [3.05, 3.63) is 0 Å². The second-order valence-corrected chi connectivity index (χ2v) is 6.56. The van der Waals surface area contributed by atoms with Crippen LogP contribution in [0.1, 0.15) is 38.5 Å². The van der Waals surface area contributed by atoms with Gasteiger partial charge in [-0.15, -0.1) is 0 Å². The number of likely N-dealkylation sites (tertiary alicyclic amines) is 1. The molecule has 8 heteroatoms. The maximum atomic E-state index is 12.2. The summed E-state index contributed by atoms with van der Waals surface area (Å²) in [6.45, 7) is 0.0619. The van der Waals surface area contributed by atoms with Crippen LogP contribution in [0.3, 0.4) is 0 Å². The Morgan fingerprint density at radius 2 is 1.86 bits per heavy atom. The van der Waals surface area contributed by atoms with Gasteiger partial charge < -0.3 is 5.32 Å². The Labute approximate surface area is 125 Å². The molecule has 0 radical (unpaired) electrons. The second kappa shape index (κ2) is 7.00. The Bertz CT molecular complexity index is 397. The van der Waals surface area contributed by atoms with E-state index in [4.69, 9.17) is 0 Å². The predicted molar refractivity (Wildman–Crippen MR) is 73.6 cm³/mol. The lowest BCUT2D eigenvalue weighted by molar-refractivity contribution is -0.142. The van der Waals surface area contributed by atoms with Gasteiger partial charge in [-0.2, -0.15) is 13.2 Å². The molecule has 1 unspecified atom stereocenters. The van der Waals surface area contributed by atoms with Crippen LogP contribution < -0.4 is 5.32 Å². The molecule has 1 aliphatic carbocycles. The molecule has 2 fully saturated rings. The van der Waals surface area contributed by atoms with Crippen molar-refractivity contribution < 1.29 is 22.8 Å². The number of hydrogen-bond donors (Lipinski definition) is 1. The van der Waals surface area contributed by atoms with Crippen LogP contribution in [-0.2, 0) is 9.59 Å². The molecule has 1 heterocycles. The molecular formula is C13H19F3N2O2S. The number of alkyl halides is 3. The van der Waals surface area contributed by atoms with E-state index in [1.807, 2.05) is 0 Å². The number of amides is 2. The van der Waals surface area contributed by atoms with Crippen molar-refractivity contribution in [2.45, 2.75) is 56.1 Å². The van der Waals surface area contributed by atoms with Gasteiger partial charge in [0.25, 0.3) is 0 Å². The molecule has 1 saturated heterocycles. The lowest BCUT2D eigenvalue weighted by Gasteiger charge is -2.29. The summed E-state index contributed by atoms with van der Waals surface area (Å²) in [7, 11) is 0. The zero-order valence-corrected chi connectivity index (χ0v) is 12.4. The smallest absolute Gasteiger partial charge is 0.305 e. The largest absolute Gasteiger partial charge is 0.441 e. The van der Waals surface area contributed by atoms with Crippen LogP contribution in [0.15, 0.2) is 0 Å². The fraction of sp³-hybridized carbons (Fsp3) is 0.846. The van der Waals surface area contributed by atoms with Crippen molar-refractivity contribution in [3.63, 3.8) is 0 Å². The highest BCUT2D eigenvalue weighted by Crippen LogP contribution is 2.30. The van der Waals surface area contributed by atoms with Crippen molar-refractivity contribution in [1.29, 1.82) is 0 Å². The lowest BCUT2D eigenvalue weighted by Crippen LogP contribution is -2.45. The van der Waals surface area contributed by atoms with E-state index in [-0.39, 0.29) is 48.3 Å². The van der Waals surface area contributed by atoms with E-state index in [0.29, 0.717) is 0 Å². The molecule has 0 aromatic heterocycles. The fourth-order valence-corrected chi connectivity index (χ4v) is 3.38. The number of nitrogens with one attached hydrogen (secondary N) is 1. The third-order valence-corrected chi connectivity index (χ3v) is 4.62. The van der Waals surface area contributed by atoms with Crippen LogP contribution >= 0.6 is 11.8 Å². The Balaban J connectivity index is 1.80. The van der Waals surface area contributed by atoms with Gasteiger partial charge in [0.05, 0.1) is 12.5 Å². The first-order chi connectivity index (χ1) is 9.88. The second-order valence-electron chi connectivity index (χ2n) is 5.40. The minimum Gasteiger partial charge on any atom is -0.305 e. The maximum Gasteiger partial charge on any atom is 0.441 e. The molecule has 1 N–H and O–H groups in total. The van der Waals surface area contributed by atoms with E-state index in [2.05, 4.69) is 5.32 Å². The standard InChI is InChI=1S/C13H19F3N2O2S/c14-13(15,16)21-7-6-17-10-8-11(19)18(12(10)20)9-4-2-1-3-5-9/h9-10,17H,1-8H2. The summed E-state index contributed by atoms with van der Waals surface area (Å²) < 4.78 is 36.0. The molecule has 1 atom stereocenters. The van der Waals surface area contributed by atoms with Gasteiger partial charge >= 0.3 is 5.51 Å². The van der Waals surface area contributed by atoms with Gasteiger partial charge in [0.2, 0.25) is 11.8 Å². The molecule has 1 saturated carbocycles. The number of carbonyl (C=O) groups is 2. The highest BCUT2D eigenvalue weighted by atomic mass is 32.2. The molecule has 0 spiro atoms. The Kier molecular flexibility index (Phi) is 5.54. The van der Waals surface area contributed by atoms with E-state index >= 15 is 0 Å². The monoisotopic (exact) mass is 324 g/mol. The third-order valence-electron chi connectivity index (χ3n) is 3.88. The number of nitrogens with zero attached hydrogens (tertiary/aromatic N) is 1. The van der Waals surface area contributed by atoms with Crippen molar-refractivity contribution in [2.24, 2.45) is 0 Å². The highest BCUT2D eigenvalue weighted by Gasteiger charge is 2.42. The molecule has 1 aliphatic heterocycles. The van der Waals surface area contributed by atoms with Gasteiger partial charge in [0.15, 0.2) is 0 Å². The molecule has 0 aromatic carbocycles. The number of hydrogen-bond acceptors (Lipinski definition) is 4. The average molecular weight is 324 g/mol. The summed E-state index contributed by atoms with van der Waals surface area (Å²) in [5, 5.41) is 2.77. The average Bonchev–Trinajstić information content (AvgIpc) is 2.69. The first-order valence-corrected chi connectivity index (χ1v) is 8.17. The first kappa shape index (κ1) is 16.6. The van der Waals surface area contributed by atoms with Crippen molar-refractivity contribution in [1.82, 2.24) is 10.2 Å². The van der Waals surface area contributed by atoms with Crippen LogP contribution in [-0.4, -0.2) is 46.6 Å². The Morgan fingerprint density at radius 1 is 1.19 bits per heavy atom. The van der Waals surface area contributed by atoms with Gasteiger partial charge in [-0.1, -0.05) is 19.3 Å². The van der Waals surface area contributed by atoms with Crippen LogP contribution in [0.25, 0.3) is 0 Å². The number of halogens is 3. The minimum absolute atomic E-state index is 0.0184. The van der Waals surface area contributed by atoms with E-state index in [9.17, 15) is 22.8 Å². The number of carbonyl (C=O) groups excluding carboxylic acids is 2. The summed E-state index contributed by atoms with van der Waals surface area (Å²) in [5.41, 5.74) is -4.26. The molecule has 21 heavy (non-hydrogen) atoms. The van der Waals surface area contributed by atoms with Crippen LogP contribution in [0.2, 0.25) is 0 Å². The molecule has 2 rings (SSSR count). The summed E-state index contributed by atoms with van der Waals surface area (Å²) >= 11 is -0.125. The highest BCUT2D eigenvalue weighted by molar-refractivity contribution is 8.00. The maximum absolute atomic E-state index is 12.2. The van der Waals surface area contributed by atoms with Crippen molar-refractivity contribution in [2.75, 3.05) is 12.3 Å². The topological polar surface area (TPSA) is 49.4 Å². The molecule has 0 aromatic rings. The number of thioether (sulfide) groups is 1. The van der Waals surface area contributed by atoms with Crippen LogP contribution in [0, 0.1) is 0 Å². The first-order valence-electron chi connectivity index (χ1n) is 7.18. The zero-order valence-electron chi connectivity index (χ0n) is 11.6. The van der Waals surface area contributed by atoms with Gasteiger partial charge in [-0.25, -0.2) is 0 Å². The summed E-state index contributed by atoms with van der Waals surface area (Å²) in [6, 6.07) is -0.677. The number of rotatable bonds is 5. The summed E-state index contributed by atoms with van der Waals surface area (Å²) in [5.74, 6) is -0.637. The lowest BCUT2D eigenvalue weighted by atomic mass is 9.94. The van der Waals surface area contributed by atoms with Gasteiger partial charge in [-0.3, -0.25) is 14.5 Å². The molecule has 2 aliphatic rings. The van der Waals surface area contributed by atoms with E-state index in [1.54, 1.807) is 0 Å². The third kappa shape index (κ3) is 4.60. The molecule has 2 amide bonds. The summed E-state index contributed by atoms with van der Waals surface area (Å²) in [6.07, 6.45) is 4.90. The van der Waals surface area contributed by atoms with Crippen molar-refractivity contribution >= 4 is 23.6 Å². The summed E-state index contributed by atoms with van der Waals surface area (Å²) in [4.78, 5) is 25.5. The van der Waals surface area contributed by atoms with Crippen LogP contribution in [0.4, 0.5) is 13.2 Å². The van der Waals surface area contributed by atoms with Gasteiger partial charge in [0.1, 0.15) is 0 Å². The van der Waals surface area contributed by atoms with Crippen LogP contribution in [0.5, 0.6) is 0 Å². The number of imide groups is 1. The van der Waals surface area contributed by atoms with E-state index < -0.39 is 11.6 Å². The predicted octanol–water partition coefficient (Wildman–Crippen LogP) is 2.29. The minimum atomic E-state index is -4.26. The molecule has 0 bridgehead atoms.